The molecule has 2 aromatic heterocycles. The van der Waals surface area contributed by atoms with Gasteiger partial charge in [0.1, 0.15) is 0 Å². The number of alkyl halides is 1. The first-order valence-electron chi connectivity index (χ1n) is 5.64. The van der Waals surface area contributed by atoms with Crippen LogP contribution in [0.5, 0.6) is 0 Å². The summed E-state index contributed by atoms with van der Waals surface area (Å²) in [5.74, 6) is 0.435. The average Bonchev–Trinajstić information content (AvgIpc) is 2.74. The van der Waals surface area contributed by atoms with E-state index >= 15 is 0 Å². The lowest BCUT2D eigenvalue weighted by Crippen LogP contribution is -2.26. The molecule has 1 saturated carbocycles. The Kier molecular flexibility index (Phi) is 2.12. The van der Waals surface area contributed by atoms with Gasteiger partial charge in [-0.1, -0.05) is 6.42 Å². The van der Waals surface area contributed by atoms with Crippen LogP contribution in [0.2, 0.25) is 0 Å². The zero-order valence-corrected chi connectivity index (χ0v) is 8.93. The van der Waals surface area contributed by atoms with Crippen molar-refractivity contribution in [2.45, 2.75) is 37.8 Å². The highest BCUT2D eigenvalue weighted by atomic mass is 19.1. The first-order valence-corrected chi connectivity index (χ1v) is 5.64. The molecule has 16 heavy (non-hydrogen) atoms. The van der Waals surface area contributed by atoms with Gasteiger partial charge in [-0.3, -0.25) is 9.38 Å². The van der Waals surface area contributed by atoms with Crippen LogP contribution >= 0.6 is 0 Å². The molecular weight excluding hydrogens is 207 g/mol. The quantitative estimate of drug-likeness (QED) is 0.740. The molecule has 2 aromatic rings. The molecule has 0 radical (unpaired) electrons. The van der Waals surface area contributed by atoms with Crippen molar-refractivity contribution in [2.24, 2.45) is 0 Å². The molecule has 0 aliphatic heterocycles. The van der Waals surface area contributed by atoms with Gasteiger partial charge in [0.05, 0.1) is 6.20 Å². The van der Waals surface area contributed by atoms with Crippen molar-refractivity contribution in [2.75, 3.05) is 0 Å². The first kappa shape index (κ1) is 9.69. The highest BCUT2D eigenvalue weighted by Crippen LogP contribution is 2.39. The number of fused-ring (bicyclic) bond motifs is 1. The molecule has 0 bridgehead atoms. The molecule has 0 saturated heterocycles. The van der Waals surface area contributed by atoms with Gasteiger partial charge in [0.15, 0.2) is 17.1 Å². The van der Waals surface area contributed by atoms with Crippen LogP contribution < -0.4 is 0 Å². The van der Waals surface area contributed by atoms with Crippen molar-refractivity contribution in [3.05, 3.63) is 24.4 Å². The molecule has 84 valence electrons. The molecule has 4 nitrogen and oxygen atoms in total. The summed E-state index contributed by atoms with van der Waals surface area (Å²) in [5, 5.41) is 7.94. The Morgan fingerprint density at radius 1 is 1.19 bits per heavy atom. The van der Waals surface area contributed by atoms with Gasteiger partial charge in [-0.15, -0.1) is 10.2 Å². The van der Waals surface area contributed by atoms with E-state index in [9.17, 15) is 4.39 Å². The summed E-state index contributed by atoms with van der Waals surface area (Å²) < 4.78 is 16.4. The van der Waals surface area contributed by atoms with Crippen molar-refractivity contribution >= 4 is 5.65 Å². The van der Waals surface area contributed by atoms with Gasteiger partial charge >= 0.3 is 0 Å². The minimum absolute atomic E-state index is 0.435. The third kappa shape index (κ3) is 1.38. The summed E-state index contributed by atoms with van der Waals surface area (Å²) in [6.07, 6.45) is 9.03. The Hall–Kier alpha value is -1.52. The molecule has 0 N–H and O–H groups in total. The minimum atomic E-state index is -1.31. The molecule has 1 fully saturated rings. The van der Waals surface area contributed by atoms with E-state index in [1.54, 1.807) is 23.0 Å². The molecule has 0 amide bonds. The van der Waals surface area contributed by atoms with Gasteiger partial charge in [0, 0.05) is 12.4 Å². The van der Waals surface area contributed by atoms with Crippen LogP contribution in [0.15, 0.2) is 18.6 Å². The lowest BCUT2D eigenvalue weighted by atomic mass is 9.86. The standard InChI is InChI=1S/C11H13FN4/c12-11(4-2-1-3-5-11)10-15-14-9-8-13-6-7-16(9)10/h6-8H,1-5H2. The molecular formula is C11H13FN4. The van der Waals surface area contributed by atoms with E-state index in [4.69, 9.17) is 0 Å². The molecule has 3 rings (SSSR count). The van der Waals surface area contributed by atoms with Crippen molar-refractivity contribution < 1.29 is 4.39 Å². The third-order valence-corrected chi connectivity index (χ3v) is 3.26. The van der Waals surface area contributed by atoms with Gasteiger partial charge in [-0.25, -0.2) is 4.39 Å². The number of aromatic nitrogens is 4. The van der Waals surface area contributed by atoms with Gasteiger partial charge in [-0.05, 0) is 25.7 Å². The number of halogens is 1. The second kappa shape index (κ2) is 3.50. The topological polar surface area (TPSA) is 43.1 Å². The van der Waals surface area contributed by atoms with Crippen LogP contribution in [-0.4, -0.2) is 19.6 Å². The zero-order valence-electron chi connectivity index (χ0n) is 8.93. The van der Waals surface area contributed by atoms with Crippen molar-refractivity contribution in [3.8, 4) is 0 Å². The zero-order chi connectivity index (χ0) is 11.0. The molecule has 5 heteroatoms. The minimum Gasteiger partial charge on any atom is -0.281 e. The van der Waals surface area contributed by atoms with E-state index in [0.29, 0.717) is 24.3 Å². The third-order valence-electron chi connectivity index (χ3n) is 3.26. The van der Waals surface area contributed by atoms with E-state index in [2.05, 4.69) is 15.2 Å². The maximum absolute atomic E-state index is 14.7. The highest BCUT2D eigenvalue weighted by Gasteiger charge is 2.38. The lowest BCUT2D eigenvalue weighted by molar-refractivity contribution is 0.0939. The average molecular weight is 220 g/mol. The first-order chi connectivity index (χ1) is 7.80. The van der Waals surface area contributed by atoms with Crippen molar-refractivity contribution in [1.29, 1.82) is 0 Å². The molecule has 0 unspecified atom stereocenters. The summed E-state index contributed by atoms with van der Waals surface area (Å²) in [7, 11) is 0. The summed E-state index contributed by atoms with van der Waals surface area (Å²) in [6.45, 7) is 0. The SMILES string of the molecule is FC1(c2nnc3cnccn23)CCCCC1. The van der Waals surface area contributed by atoms with Crippen LogP contribution in [0.1, 0.15) is 37.9 Å². The monoisotopic (exact) mass is 220 g/mol. The van der Waals surface area contributed by atoms with Gasteiger partial charge in [-0.2, -0.15) is 0 Å². The number of rotatable bonds is 1. The Morgan fingerprint density at radius 2 is 2.00 bits per heavy atom. The van der Waals surface area contributed by atoms with E-state index < -0.39 is 5.67 Å². The van der Waals surface area contributed by atoms with E-state index in [1.165, 1.54) is 0 Å². The van der Waals surface area contributed by atoms with Crippen LogP contribution in [-0.2, 0) is 5.67 Å². The molecule has 0 aromatic carbocycles. The van der Waals surface area contributed by atoms with E-state index in [0.717, 1.165) is 19.3 Å². The predicted molar refractivity (Wildman–Crippen MR) is 56.7 cm³/mol. The Morgan fingerprint density at radius 3 is 2.81 bits per heavy atom. The van der Waals surface area contributed by atoms with Gasteiger partial charge in [0.2, 0.25) is 0 Å². The number of nitrogens with zero attached hydrogens (tertiary/aromatic N) is 4. The maximum atomic E-state index is 14.7. The molecule has 0 atom stereocenters. The normalized spacial score (nSPS) is 20.1. The Labute approximate surface area is 92.5 Å². The smallest absolute Gasteiger partial charge is 0.179 e. The fraction of sp³-hybridized carbons (Fsp3) is 0.545. The number of hydrogen-bond acceptors (Lipinski definition) is 3. The van der Waals surface area contributed by atoms with Crippen LogP contribution in [0, 0.1) is 0 Å². The maximum Gasteiger partial charge on any atom is 0.179 e. The Bertz CT molecular complexity index is 501. The van der Waals surface area contributed by atoms with Crippen LogP contribution in [0.25, 0.3) is 5.65 Å². The summed E-state index contributed by atoms with van der Waals surface area (Å²) >= 11 is 0. The largest absolute Gasteiger partial charge is 0.281 e. The molecule has 1 aliphatic carbocycles. The fourth-order valence-corrected chi connectivity index (χ4v) is 2.39. The van der Waals surface area contributed by atoms with Gasteiger partial charge in [0.25, 0.3) is 0 Å². The van der Waals surface area contributed by atoms with E-state index in [-0.39, 0.29) is 0 Å². The second-order valence-corrected chi connectivity index (χ2v) is 4.35. The summed E-state index contributed by atoms with van der Waals surface area (Å²) in [5.41, 5.74) is -0.695. The number of hydrogen-bond donors (Lipinski definition) is 0. The molecule has 1 aliphatic rings. The van der Waals surface area contributed by atoms with E-state index in [1.807, 2.05) is 0 Å². The predicted octanol–water partition coefficient (Wildman–Crippen LogP) is 2.25. The van der Waals surface area contributed by atoms with Gasteiger partial charge < -0.3 is 0 Å². The molecule has 2 heterocycles. The Balaban J connectivity index is 2.11. The second-order valence-electron chi connectivity index (χ2n) is 4.35. The van der Waals surface area contributed by atoms with Crippen molar-refractivity contribution in [1.82, 2.24) is 19.6 Å². The van der Waals surface area contributed by atoms with Crippen LogP contribution in [0.4, 0.5) is 4.39 Å². The van der Waals surface area contributed by atoms with Crippen LogP contribution in [0.3, 0.4) is 0 Å². The summed E-state index contributed by atoms with van der Waals surface area (Å²) in [4.78, 5) is 3.95. The fourth-order valence-electron chi connectivity index (χ4n) is 2.39. The molecule has 0 spiro atoms. The summed E-state index contributed by atoms with van der Waals surface area (Å²) in [6, 6.07) is 0. The lowest BCUT2D eigenvalue weighted by Gasteiger charge is -2.27. The van der Waals surface area contributed by atoms with Crippen molar-refractivity contribution in [3.63, 3.8) is 0 Å². The highest BCUT2D eigenvalue weighted by molar-refractivity contribution is 5.35.